The third-order valence-corrected chi connectivity index (χ3v) is 3.24. The van der Waals surface area contributed by atoms with Gasteiger partial charge in [-0.25, -0.2) is 0 Å². The van der Waals surface area contributed by atoms with E-state index in [2.05, 4.69) is 11.4 Å². The Balaban J connectivity index is 2.01. The molecule has 1 aromatic carbocycles. The third kappa shape index (κ3) is 2.67. The molecule has 1 fully saturated rings. The topological polar surface area (TPSA) is 47.3 Å². The largest absolute Gasteiger partial charge is 0.497 e. The Morgan fingerprint density at radius 3 is 2.88 bits per heavy atom. The fraction of sp³-hybridized carbons (Fsp3) is 0.538. The summed E-state index contributed by atoms with van der Waals surface area (Å²) in [6.07, 6.45) is 4.83. The number of ether oxygens (including phenoxy) is 1. The van der Waals surface area contributed by atoms with Gasteiger partial charge in [-0.3, -0.25) is 0 Å². The summed E-state index contributed by atoms with van der Waals surface area (Å²) in [5.41, 5.74) is 7.20. The van der Waals surface area contributed by atoms with E-state index < -0.39 is 0 Å². The van der Waals surface area contributed by atoms with Gasteiger partial charge in [0.2, 0.25) is 0 Å². The standard InChI is InChI=1S/C13H20N2O/c1-16-11-6-4-5-10(9-11)15-13-8-3-2-7-12(13)14/h4-6,9,12-13,15H,2-3,7-8,14H2,1H3/t12-,13-/m0/s1. The Labute approximate surface area is 97.0 Å². The van der Waals surface area contributed by atoms with E-state index in [9.17, 15) is 0 Å². The van der Waals surface area contributed by atoms with E-state index in [1.807, 2.05) is 18.2 Å². The summed E-state index contributed by atoms with van der Waals surface area (Å²) in [5, 5.41) is 3.50. The molecule has 0 heterocycles. The van der Waals surface area contributed by atoms with Crippen LogP contribution < -0.4 is 15.8 Å². The first-order chi connectivity index (χ1) is 7.79. The van der Waals surface area contributed by atoms with Gasteiger partial charge in [0.05, 0.1) is 7.11 Å². The van der Waals surface area contributed by atoms with Crippen LogP contribution in [-0.4, -0.2) is 19.2 Å². The molecule has 0 aromatic heterocycles. The molecule has 0 saturated heterocycles. The minimum atomic E-state index is 0.278. The molecule has 0 amide bonds. The van der Waals surface area contributed by atoms with E-state index in [-0.39, 0.29) is 6.04 Å². The molecular formula is C13H20N2O. The zero-order valence-electron chi connectivity index (χ0n) is 9.78. The number of nitrogens with two attached hydrogens (primary N) is 1. The predicted octanol–water partition coefficient (Wildman–Crippen LogP) is 2.38. The Morgan fingerprint density at radius 1 is 1.31 bits per heavy atom. The van der Waals surface area contributed by atoms with Crippen molar-refractivity contribution < 1.29 is 4.74 Å². The molecule has 0 unspecified atom stereocenters. The van der Waals surface area contributed by atoms with Crippen LogP contribution in [0.4, 0.5) is 5.69 Å². The van der Waals surface area contributed by atoms with Gasteiger partial charge in [0.1, 0.15) is 5.75 Å². The zero-order chi connectivity index (χ0) is 11.4. The monoisotopic (exact) mass is 220 g/mol. The lowest BCUT2D eigenvalue weighted by Crippen LogP contribution is -2.42. The van der Waals surface area contributed by atoms with Crippen LogP contribution in [0.2, 0.25) is 0 Å². The second-order valence-corrected chi connectivity index (χ2v) is 4.43. The highest BCUT2D eigenvalue weighted by Gasteiger charge is 2.21. The molecular weight excluding hydrogens is 200 g/mol. The smallest absolute Gasteiger partial charge is 0.120 e. The molecule has 0 radical (unpaired) electrons. The van der Waals surface area contributed by atoms with E-state index in [0.717, 1.165) is 17.9 Å². The average Bonchev–Trinajstić information content (AvgIpc) is 2.32. The highest BCUT2D eigenvalue weighted by Crippen LogP contribution is 2.23. The molecule has 0 spiro atoms. The summed E-state index contributed by atoms with van der Waals surface area (Å²) < 4.78 is 5.20. The van der Waals surface area contributed by atoms with Gasteiger partial charge < -0.3 is 15.8 Å². The van der Waals surface area contributed by atoms with Crippen molar-refractivity contribution in [2.24, 2.45) is 5.73 Å². The van der Waals surface area contributed by atoms with E-state index in [4.69, 9.17) is 10.5 Å². The SMILES string of the molecule is COc1cccc(N[C@H]2CCCC[C@@H]2N)c1. The quantitative estimate of drug-likeness (QED) is 0.822. The van der Waals surface area contributed by atoms with Crippen molar-refractivity contribution >= 4 is 5.69 Å². The Hall–Kier alpha value is -1.22. The number of rotatable bonds is 3. The molecule has 3 heteroatoms. The normalized spacial score (nSPS) is 25.1. The van der Waals surface area contributed by atoms with Crippen LogP contribution in [0.1, 0.15) is 25.7 Å². The van der Waals surface area contributed by atoms with Gasteiger partial charge in [0.25, 0.3) is 0 Å². The zero-order valence-corrected chi connectivity index (χ0v) is 9.78. The van der Waals surface area contributed by atoms with Crippen molar-refractivity contribution in [3.05, 3.63) is 24.3 Å². The van der Waals surface area contributed by atoms with Gasteiger partial charge in [-0.2, -0.15) is 0 Å². The van der Waals surface area contributed by atoms with Crippen molar-refractivity contribution in [3.8, 4) is 5.75 Å². The lowest BCUT2D eigenvalue weighted by atomic mass is 9.91. The molecule has 0 bridgehead atoms. The van der Waals surface area contributed by atoms with Crippen LogP contribution in [0.15, 0.2) is 24.3 Å². The maximum absolute atomic E-state index is 6.10. The summed E-state index contributed by atoms with van der Waals surface area (Å²) >= 11 is 0. The predicted molar refractivity (Wildman–Crippen MR) is 66.8 cm³/mol. The molecule has 1 aromatic rings. The maximum atomic E-state index is 6.10. The van der Waals surface area contributed by atoms with Crippen molar-refractivity contribution in [2.75, 3.05) is 12.4 Å². The van der Waals surface area contributed by atoms with Crippen LogP contribution in [-0.2, 0) is 0 Å². The highest BCUT2D eigenvalue weighted by molar-refractivity contribution is 5.49. The first-order valence-electron chi connectivity index (χ1n) is 5.96. The average molecular weight is 220 g/mol. The number of anilines is 1. The van der Waals surface area contributed by atoms with Crippen LogP contribution in [0.25, 0.3) is 0 Å². The minimum absolute atomic E-state index is 0.278. The van der Waals surface area contributed by atoms with Gasteiger partial charge in [0, 0.05) is 23.8 Å². The molecule has 2 atom stereocenters. The van der Waals surface area contributed by atoms with E-state index in [0.29, 0.717) is 6.04 Å². The molecule has 1 aliphatic rings. The number of hydrogen-bond donors (Lipinski definition) is 2. The van der Waals surface area contributed by atoms with E-state index in [1.54, 1.807) is 7.11 Å². The maximum Gasteiger partial charge on any atom is 0.120 e. The second kappa shape index (κ2) is 5.21. The molecule has 0 aliphatic heterocycles. The van der Waals surface area contributed by atoms with E-state index >= 15 is 0 Å². The van der Waals surface area contributed by atoms with Gasteiger partial charge in [0.15, 0.2) is 0 Å². The summed E-state index contributed by atoms with van der Waals surface area (Å²) in [7, 11) is 1.69. The Morgan fingerprint density at radius 2 is 2.12 bits per heavy atom. The van der Waals surface area contributed by atoms with Crippen molar-refractivity contribution in [2.45, 2.75) is 37.8 Å². The Bertz CT molecular complexity index is 340. The van der Waals surface area contributed by atoms with Crippen molar-refractivity contribution in [1.82, 2.24) is 0 Å². The fourth-order valence-corrected chi connectivity index (χ4v) is 2.27. The third-order valence-electron chi connectivity index (χ3n) is 3.24. The molecule has 1 saturated carbocycles. The molecule has 2 rings (SSSR count). The summed E-state index contributed by atoms with van der Waals surface area (Å²) in [6, 6.07) is 8.70. The molecule has 16 heavy (non-hydrogen) atoms. The van der Waals surface area contributed by atoms with Crippen LogP contribution in [0.3, 0.4) is 0 Å². The van der Waals surface area contributed by atoms with Gasteiger partial charge >= 0.3 is 0 Å². The van der Waals surface area contributed by atoms with Gasteiger partial charge in [-0.1, -0.05) is 18.9 Å². The lowest BCUT2D eigenvalue weighted by molar-refractivity contribution is 0.402. The Kier molecular flexibility index (Phi) is 3.67. The number of methoxy groups -OCH3 is 1. The van der Waals surface area contributed by atoms with Gasteiger partial charge in [-0.05, 0) is 25.0 Å². The summed E-state index contributed by atoms with van der Waals surface area (Å²) in [6.45, 7) is 0. The number of benzene rings is 1. The molecule has 1 aliphatic carbocycles. The van der Waals surface area contributed by atoms with Crippen LogP contribution >= 0.6 is 0 Å². The minimum Gasteiger partial charge on any atom is -0.497 e. The fourth-order valence-electron chi connectivity index (χ4n) is 2.27. The lowest BCUT2D eigenvalue weighted by Gasteiger charge is -2.30. The molecule has 88 valence electrons. The van der Waals surface area contributed by atoms with Crippen molar-refractivity contribution in [3.63, 3.8) is 0 Å². The van der Waals surface area contributed by atoms with Crippen LogP contribution in [0, 0.1) is 0 Å². The first-order valence-corrected chi connectivity index (χ1v) is 5.96. The van der Waals surface area contributed by atoms with Gasteiger partial charge in [-0.15, -0.1) is 0 Å². The molecule has 3 N–H and O–H groups in total. The highest BCUT2D eigenvalue weighted by atomic mass is 16.5. The number of nitrogens with one attached hydrogen (secondary N) is 1. The molecule has 3 nitrogen and oxygen atoms in total. The summed E-state index contributed by atoms with van der Waals surface area (Å²) in [4.78, 5) is 0. The summed E-state index contributed by atoms with van der Waals surface area (Å²) in [5.74, 6) is 0.884. The first kappa shape index (κ1) is 11.3. The van der Waals surface area contributed by atoms with E-state index in [1.165, 1.54) is 19.3 Å². The number of hydrogen-bond acceptors (Lipinski definition) is 3. The second-order valence-electron chi connectivity index (χ2n) is 4.43. The van der Waals surface area contributed by atoms with Crippen molar-refractivity contribution in [1.29, 1.82) is 0 Å². The van der Waals surface area contributed by atoms with Crippen LogP contribution in [0.5, 0.6) is 5.75 Å².